The van der Waals surface area contributed by atoms with E-state index in [1.165, 1.54) is 180 Å². The summed E-state index contributed by atoms with van der Waals surface area (Å²) in [7, 11) is 0. The molecular formula is C47H120. The average molecular weight is 685 g/mol. The second-order valence-corrected chi connectivity index (χ2v) is 9.90. The van der Waals surface area contributed by atoms with Crippen molar-refractivity contribution in [1.82, 2.24) is 0 Å². The standard InChI is InChI=1S/7C4H8.6C2H6.7CH4/c7*1-2-4-3-1;6*1-2;;;;;;;/h7*1-4H2;6*1-2H3;7*1H4. The normalized spacial score (nSPS) is 15.1. The van der Waals surface area contributed by atoms with Gasteiger partial charge in [0.25, 0.3) is 0 Å². The van der Waals surface area contributed by atoms with Crippen LogP contribution in [-0.4, -0.2) is 0 Å². The summed E-state index contributed by atoms with van der Waals surface area (Å²) >= 11 is 0. The third-order valence-corrected chi connectivity index (χ3v) is 7.00. The summed E-state index contributed by atoms with van der Waals surface area (Å²) in [6.45, 7) is 24.0. The van der Waals surface area contributed by atoms with Crippen LogP contribution in [0.25, 0.3) is 0 Å². The van der Waals surface area contributed by atoms with Crippen LogP contribution < -0.4 is 0 Å². The third-order valence-electron chi connectivity index (χ3n) is 7.00. The van der Waals surface area contributed by atoms with E-state index in [1.54, 1.807) is 0 Å². The summed E-state index contributed by atoms with van der Waals surface area (Å²) in [6.07, 6.45) is 42.0. The van der Waals surface area contributed by atoms with Gasteiger partial charge in [0.2, 0.25) is 0 Å². The predicted molar refractivity (Wildman–Crippen MR) is 244 cm³/mol. The topological polar surface area (TPSA) is 0 Å². The first-order chi connectivity index (χ1) is 20.0. The zero-order valence-corrected chi connectivity index (χ0v) is 31.8. The van der Waals surface area contributed by atoms with E-state index < -0.39 is 0 Å². The van der Waals surface area contributed by atoms with Crippen LogP contribution in [0.4, 0.5) is 0 Å². The molecule has 0 aromatic heterocycles. The van der Waals surface area contributed by atoms with E-state index in [-0.39, 0.29) is 52.0 Å². The van der Waals surface area contributed by atoms with Gasteiger partial charge >= 0.3 is 0 Å². The zero-order valence-electron chi connectivity index (χ0n) is 31.8. The fourth-order valence-electron chi connectivity index (χ4n) is 1.75. The molecule has 0 saturated heterocycles. The lowest BCUT2D eigenvalue weighted by Gasteiger charge is -2.05. The lowest BCUT2D eigenvalue weighted by Crippen LogP contribution is -1.85. The van der Waals surface area contributed by atoms with Gasteiger partial charge in [-0.25, -0.2) is 0 Å². The maximum absolute atomic E-state index is 2.00. The summed E-state index contributed by atoms with van der Waals surface area (Å²) in [5, 5.41) is 0. The molecule has 0 aromatic carbocycles. The molecule has 0 nitrogen and oxygen atoms in total. The predicted octanol–water partition coefficient (Wildman–Crippen LogP) is 21.5. The highest BCUT2D eigenvalue weighted by molar-refractivity contribution is 4.53. The Kier molecular flexibility index (Phi) is 217. The fourth-order valence-corrected chi connectivity index (χ4v) is 1.75. The molecule has 7 saturated carbocycles. The largest absolute Gasteiger partial charge is 0.0776 e. The summed E-state index contributed by atoms with van der Waals surface area (Å²) < 4.78 is 0. The molecule has 0 bridgehead atoms. The minimum absolute atomic E-state index is 0. The number of hydrogen-bond donors (Lipinski definition) is 0. The smallest absolute Gasteiger partial charge is 0.0533 e. The van der Waals surface area contributed by atoms with Crippen LogP contribution in [0.1, 0.15) is 315 Å². The second kappa shape index (κ2) is 119. The van der Waals surface area contributed by atoms with Crippen LogP contribution in [0, 0.1) is 0 Å². The van der Waals surface area contributed by atoms with E-state index in [0.29, 0.717) is 0 Å². The summed E-state index contributed by atoms with van der Waals surface area (Å²) in [4.78, 5) is 0. The van der Waals surface area contributed by atoms with Crippen molar-refractivity contribution < 1.29 is 0 Å². The first-order valence-corrected chi connectivity index (χ1v) is 20.0. The summed E-state index contributed by atoms with van der Waals surface area (Å²) in [5.74, 6) is 0. The van der Waals surface area contributed by atoms with E-state index in [4.69, 9.17) is 0 Å². The highest BCUT2D eigenvalue weighted by atomic mass is 14.0. The molecule has 7 rings (SSSR count). The van der Waals surface area contributed by atoms with Crippen LogP contribution in [0.2, 0.25) is 0 Å². The molecule has 308 valence electrons. The van der Waals surface area contributed by atoms with E-state index >= 15 is 0 Å². The van der Waals surface area contributed by atoms with Gasteiger partial charge in [-0.2, -0.15) is 0 Å². The SMILES string of the molecule is C.C.C.C.C.C.C.C1CCC1.C1CCC1.C1CCC1.C1CCC1.C1CCC1.C1CCC1.C1CCC1.CC.CC.CC.CC.CC.CC. The lowest BCUT2D eigenvalue weighted by atomic mass is 10.0. The van der Waals surface area contributed by atoms with Gasteiger partial charge in [0, 0.05) is 0 Å². The molecule has 0 spiro atoms. The van der Waals surface area contributed by atoms with E-state index in [2.05, 4.69) is 0 Å². The Balaban J connectivity index is -0.0000000242. The number of hydrogen-bond acceptors (Lipinski definition) is 0. The third kappa shape index (κ3) is 114. The van der Waals surface area contributed by atoms with Crippen molar-refractivity contribution in [2.75, 3.05) is 0 Å². The maximum Gasteiger partial charge on any atom is -0.0533 e. The summed E-state index contributed by atoms with van der Waals surface area (Å²) in [6, 6.07) is 0. The van der Waals surface area contributed by atoms with Gasteiger partial charge < -0.3 is 0 Å². The van der Waals surface area contributed by atoms with Crippen molar-refractivity contribution >= 4 is 0 Å². The molecule has 0 heterocycles. The highest BCUT2D eigenvalue weighted by Crippen LogP contribution is 2.17. The Labute approximate surface area is 314 Å². The second-order valence-electron chi connectivity index (χ2n) is 9.90. The lowest BCUT2D eigenvalue weighted by molar-refractivity contribution is 0.504. The molecule has 0 heteroatoms. The van der Waals surface area contributed by atoms with Crippen LogP contribution in [-0.2, 0) is 0 Å². The van der Waals surface area contributed by atoms with Crippen molar-refractivity contribution in [3.8, 4) is 0 Å². The quantitative estimate of drug-likeness (QED) is 0.238. The first kappa shape index (κ1) is 86.0. The molecular weight excluding hydrogens is 565 g/mol. The molecule has 0 aliphatic heterocycles. The van der Waals surface area contributed by atoms with Crippen LogP contribution in [0.15, 0.2) is 0 Å². The van der Waals surface area contributed by atoms with Crippen molar-refractivity contribution in [3.05, 3.63) is 0 Å². The Hall–Kier alpha value is 0. The molecule has 7 aliphatic rings. The molecule has 0 aromatic rings. The molecule has 0 atom stereocenters. The molecule has 0 radical (unpaired) electrons. The van der Waals surface area contributed by atoms with E-state index in [9.17, 15) is 0 Å². The molecule has 0 unspecified atom stereocenters. The van der Waals surface area contributed by atoms with Crippen LogP contribution in [0.5, 0.6) is 0 Å². The summed E-state index contributed by atoms with van der Waals surface area (Å²) in [5.41, 5.74) is 0. The molecule has 7 fully saturated rings. The van der Waals surface area contributed by atoms with Gasteiger partial charge in [-0.1, -0.05) is 315 Å². The van der Waals surface area contributed by atoms with E-state index in [1.807, 2.05) is 83.1 Å². The average Bonchev–Trinajstić information content (AvgIpc) is 2.74. The van der Waals surface area contributed by atoms with Gasteiger partial charge in [0.05, 0.1) is 0 Å². The first-order valence-electron chi connectivity index (χ1n) is 20.0. The van der Waals surface area contributed by atoms with E-state index in [0.717, 1.165) is 0 Å². The van der Waals surface area contributed by atoms with Crippen molar-refractivity contribution in [2.24, 2.45) is 0 Å². The van der Waals surface area contributed by atoms with Gasteiger partial charge in [-0.15, -0.1) is 0 Å². The maximum atomic E-state index is 2.00. The number of rotatable bonds is 0. The minimum atomic E-state index is 0. The highest BCUT2D eigenvalue weighted by Gasteiger charge is 1.97. The minimum Gasteiger partial charge on any atom is -0.0776 e. The monoisotopic (exact) mass is 685 g/mol. The Morgan fingerprint density at radius 1 is 0.106 bits per heavy atom. The zero-order chi connectivity index (χ0) is 31.8. The van der Waals surface area contributed by atoms with Crippen molar-refractivity contribution in [3.63, 3.8) is 0 Å². The molecule has 0 N–H and O–H groups in total. The van der Waals surface area contributed by atoms with Gasteiger partial charge in [-0.3, -0.25) is 0 Å². The van der Waals surface area contributed by atoms with Crippen LogP contribution >= 0.6 is 0 Å². The molecule has 7 aliphatic carbocycles. The van der Waals surface area contributed by atoms with Gasteiger partial charge in [0.1, 0.15) is 0 Å². The Morgan fingerprint density at radius 3 is 0.128 bits per heavy atom. The Bertz CT molecular complexity index is 135. The van der Waals surface area contributed by atoms with Gasteiger partial charge in [-0.05, 0) is 0 Å². The molecule has 0 amide bonds. The Morgan fingerprint density at radius 2 is 0.128 bits per heavy atom. The fraction of sp³-hybridized carbons (Fsp3) is 1.00. The van der Waals surface area contributed by atoms with Crippen molar-refractivity contribution in [2.45, 2.75) is 315 Å². The van der Waals surface area contributed by atoms with Crippen LogP contribution in [0.3, 0.4) is 0 Å². The van der Waals surface area contributed by atoms with Crippen molar-refractivity contribution in [1.29, 1.82) is 0 Å². The molecule has 47 heavy (non-hydrogen) atoms. The van der Waals surface area contributed by atoms with Gasteiger partial charge in [0.15, 0.2) is 0 Å².